The maximum absolute atomic E-state index is 13.2. The van der Waals surface area contributed by atoms with Crippen LogP contribution in [0.2, 0.25) is 0 Å². The fourth-order valence-electron chi connectivity index (χ4n) is 2.05. The van der Waals surface area contributed by atoms with E-state index in [2.05, 4.69) is 5.32 Å². The van der Waals surface area contributed by atoms with E-state index in [9.17, 15) is 17.6 Å². The van der Waals surface area contributed by atoms with Gasteiger partial charge in [0.2, 0.25) is 0 Å². The van der Waals surface area contributed by atoms with E-state index in [1.807, 2.05) is 0 Å². The molecule has 5 heteroatoms. The lowest BCUT2D eigenvalue weighted by Gasteiger charge is -2.18. The highest BCUT2D eigenvalue weighted by Gasteiger charge is 2.30. The van der Waals surface area contributed by atoms with Crippen molar-refractivity contribution in [2.24, 2.45) is 0 Å². The van der Waals surface area contributed by atoms with Gasteiger partial charge in [0.05, 0.1) is 5.56 Å². The zero-order valence-electron chi connectivity index (χ0n) is 11.6. The molecule has 2 aromatic rings. The van der Waals surface area contributed by atoms with Gasteiger partial charge in [0.15, 0.2) is 0 Å². The molecule has 1 N–H and O–H groups in total. The Bertz CT molecular complexity index is 634. The molecule has 0 bridgehead atoms. The summed E-state index contributed by atoms with van der Waals surface area (Å²) in [5.74, 6) is -0.389. The minimum absolute atomic E-state index is 0.368. The summed E-state index contributed by atoms with van der Waals surface area (Å²) in [4.78, 5) is 0. The summed E-state index contributed by atoms with van der Waals surface area (Å²) in [6.07, 6.45) is -4.37. The Morgan fingerprint density at radius 1 is 1.05 bits per heavy atom. The summed E-state index contributed by atoms with van der Waals surface area (Å²) in [5.41, 5.74) is 1.20. The van der Waals surface area contributed by atoms with Crippen LogP contribution < -0.4 is 5.32 Å². The van der Waals surface area contributed by atoms with Crippen LogP contribution in [0.25, 0.3) is 0 Å². The molecule has 112 valence electrons. The molecule has 1 unspecified atom stereocenters. The van der Waals surface area contributed by atoms with Crippen LogP contribution in [0.4, 0.5) is 23.2 Å². The zero-order valence-corrected chi connectivity index (χ0v) is 11.6. The molecule has 2 aromatic carbocycles. The standard InChI is InChI=1S/C16H15F4N/c1-10-6-7-14(17)9-15(10)21-11(2)12-4-3-5-13(8-12)16(18,19)20/h3-9,11,21H,1-2H3. The average Bonchev–Trinajstić information content (AvgIpc) is 2.42. The number of benzene rings is 2. The van der Waals surface area contributed by atoms with Crippen LogP contribution in [0.1, 0.15) is 29.7 Å². The van der Waals surface area contributed by atoms with E-state index >= 15 is 0 Å². The molecule has 1 atom stereocenters. The number of halogens is 4. The molecule has 0 heterocycles. The van der Waals surface area contributed by atoms with Gasteiger partial charge in [-0.05, 0) is 49.2 Å². The largest absolute Gasteiger partial charge is 0.416 e. The molecule has 1 nitrogen and oxygen atoms in total. The molecule has 0 aliphatic carbocycles. The van der Waals surface area contributed by atoms with Crippen molar-refractivity contribution in [3.63, 3.8) is 0 Å². The summed E-state index contributed by atoms with van der Waals surface area (Å²) in [6.45, 7) is 3.54. The Hall–Kier alpha value is -2.04. The van der Waals surface area contributed by atoms with Crippen LogP contribution in [0.15, 0.2) is 42.5 Å². The van der Waals surface area contributed by atoms with Crippen LogP contribution >= 0.6 is 0 Å². The molecule has 2 rings (SSSR count). The van der Waals surface area contributed by atoms with Gasteiger partial charge in [-0.3, -0.25) is 0 Å². The number of nitrogens with one attached hydrogen (secondary N) is 1. The Kier molecular flexibility index (Phi) is 4.21. The van der Waals surface area contributed by atoms with Crippen molar-refractivity contribution in [3.05, 3.63) is 65.0 Å². The predicted octanol–water partition coefficient (Wildman–Crippen LogP) is 5.33. The first-order chi connectivity index (χ1) is 9.77. The molecule has 0 fully saturated rings. The lowest BCUT2D eigenvalue weighted by atomic mass is 10.0. The van der Waals surface area contributed by atoms with Gasteiger partial charge in [-0.1, -0.05) is 18.2 Å². The number of aryl methyl sites for hydroxylation is 1. The fraction of sp³-hybridized carbons (Fsp3) is 0.250. The second-order valence-corrected chi connectivity index (χ2v) is 4.95. The molecule has 0 aliphatic rings. The average molecular weight is 297 g/mol. The highest BCUT2D eigenvalue weighted by atomic mass is 19.4. The summed E-state index contributed by atoms with van der Waals surface area (Å²) in [7, 11) is 0. The predicted molar refractivity (Wildman–Crippen MR) is 74.6 cm³/mol. The third-order valence-electron chi connectivity index (χ3n) is 3.29. The number of anilines is 1. The molecule has 0 radical (unpaired) electrons. The minimum Gasteiger partial charge on any atom is -0.378 e. The second kappa shape index (κ2) is 5.76. The van der Waals surface area contributed by atoms with E-state index in [4.69, 9.17) is 0 Å². The summed E-state index contributed by atoms with van der Waals surface area (Å²) < 4.78 is 51.3. The number of hydrogen-bond donors (Lipinski definition) is 1. The zero-order chi connectivity index (χ0) is 15.6. The van der Waals surface area contributed by atoms with Gasteiger partial charge in [0.25, 0.3) is 0 Å². The highest BCUT2D eigenvalue weighted by Crippen LogP contribution is 2.31. The maximum Gasteiger partial charge on any atom is 0.416 e. The fourth-order valence-corrected chi connectivity index (χ4v) is 2.05. The van der Waals surface area contributed by atoms with Crippen LogP contribution in [0, 0.1) is 12.7 Å². The highest BCUT2D eigenvalue weighted by molar-refractivity contribution is 5.52. The van der Waals surface area contributed by atoms with Gasteiger partial charge in [0.1, 0.15) is 5.82 Å². The second-order valence-electron chi connectivity index (χ2n) is 4.95. The van der Waals surface area contributed by atoms with Gasteiger partial charge in [0, 0.05) is 11.7 Å². The van der Waals surface area contributed by atoms with Crippen LogP contribution in [0.3, 0.4) is 0 Å². The van der Waals surface area contributed by atoms with Gasteiger partial charge < -0.3 is 5.32 Å². The SMILES string of the molecule is Cc1ccc(F)cc1NC(C)c1cccc(C(F)(F)F)c1. The first kappa shape index (κ1) is 15.4. The minimum atomic E-state index is -4.37. The van der Waals surface area contributed by atoms with Crippen molar-refractivity contribution >= 4 is 5.69 Å². The molecule has 0 saturated carbocycles. The van der Waals surface area contributed by atoms with Gasteiger partial charge in [-0.15, -0.1) is 0 Å². The summed E-state index contributed by atoms with van der Waals surface area (Å²) >= 11 is 0. The van der Waals surface area contributed by atoms with Gasteiger partial charge >= 0.3 is 6.18 Å². The lowest BCUT2D eigenvalue weighted by Crippen LogP contribution is -2.10. The van der Waals surface area contributed by atoms with Crippen LogP contribution in [-0.4, -0.2) is 0 Å². The Labute approximate surface area is 120 Å². The molecule has 0 aliphatic heterocycles. The number of rotatable bonds is 3. The van der Waals surface area contributed by atoms with Gasteiger partial charge in [-0.25, -0.2) is 4.39 Å². The Morgan fingerprint density at radius 2 is 1.76 bits per heavy atom. The van der Waals surface area contributed by atoms with E-state index in [1.165, 1.54) is 18.2 Å². The monoisotopic (exact) mass is 297 g/mol. The van der Waals surface area contributed by atoms with Crippen LogP contribution in [0.5, 0.6) is 0 Å². The van der Waals surface area contributed by atoms with E-state index in [1.54, 1.807) is 26.0 Å². The topological polar surface area (TPSA) is 12.0 Å². The normalized spacial score (nSPS) is 13.0. The van der Waals surface area contributed by atoms with E-state index in [-0.39, 0.29) is 11.9 Å². The molecular weight excluding hydrogens is 282 g/mol. The summed E-state index contributed by atoms with van der Waals surface area (Å²) in [6, 6.07) is 9.05. The Balaban J connectivity index is 2.24. The van der Waals surface area contributed by atoms with Crippen molar-refractivity contribution in [2.45, 2.75) is 26.1 Å². The number of hydrogen-bond acceptors (Lipinski definition) is 1. The van der Waals surface area contributed by atoms with Crippen LogP contribution in [-0.2, 0) is 6.18 Å². The van der Waals surface area contributed by atoms with Crippen molar-refractivity contribution in [2.75, 3.05) is 5.32 Å². The summed E-state index contributed by atoms with van der Waals surface area (Å²) in [5, 5.41) is 3.04. The molecule has 0 spiro atoms. The first-order valence-electron chi connectivity index (χ1n) is 6.47. The van der Waals surface area contributed by atoms with Crippen molar-refractivity contribution < 1.29 is 17.6 Å². The molecule has 21 heavy (non-hydrogen) atoms. The number of alkyl halides is 3. The first-order valence-corrected chi connectivity index (χ1v) is 6.47. The van der Waals surface area contributed by atoms with Crippen molar-refractivity contribution in [3.8, 4) is 0 Å². The van der Waals surface area contributed by atoms with Crippen molar-refractivity contribution in [1.29, 1.82) is 0 Å². The molecular formula is C16H15F4N. The molecule has 0 amide bonds. The molecule has 0 aromatic heterocycles. The van der Waals surface area contributed by atoms with E-state index in [0.29, 0.717) is 11.3 Å². The quantitative estimate of drug-likeness (QED) is 0.755. The van der Waals surface area contributed by atoms with E-state index < -0.39 is 11.7 Å². The Morgan fingerprint density at radius 3 is 2.43 bits per heavy atom. The third kappa shape index (κ3) is 3.74. The van der Waals surface area contributed by atoms with Crippen molar-refractivity contribution in [1.82, 2.24) is 0 Å². The van der Waals surface area contributed by atoms with Gasteiger partial charge in [-0.2, -0.15) is 13.2 Å². The smallest absolute Gasteiger partial charge is 0.378 e. The maximum atomic E-state index is 13.2. The van der Waals surface area contributed by atoms with E-state index in [0.717, 1.165) is 17.7 Å². The third-order valence-corrected chi connectivity index (χ3v) is 3.29. The lowest BCUT2D eigenvalue weighted by molar-refractivity contribution is -0.137. The molecule has 0 saturated heterocycles.